The average molecular weight is 133 g/mol. The summed E-state index contributed by atoms with van der Waals surface area (Å²) in [6.45, 7) is 0. The van der Waals surface area contributed by atoms with Crippen LogP contribution in [0.3, 0.4) is 0 Å². The molecule has 1 aliphatic heterocycles. The Hall–Kier alpha value is -0.850. The van der Waals surface area contributed by atoms with Gasteiger partial charge < -0.3 is 0 Å². The molecule has 0 aromatic carbocycles. The monoisotopic (exact) mass is 133 g/mol. The summed E-state index contributed by atoms with van der Waals surface area (Å²) >= 11 is 0. The minimum atomic E-state index is 1.06. The lowest BCUT2D eigenvalue weighted by atomic mass is 9.97. The summed E-state index contributed by atoms with van der Waals surface area (Å²) in [5.41, 5.74) is 2.89. The molecule has 2 aliphatic rings. The summed E-state index contributed by atoms with van der Waals surface area (Å²) in [6, 6.07) is 0. The highest BCUT2D eigenvalue weighted by Crippen LogP contribution is 2.26. The first-order chi connectivity index (χ1) is 4.97. The van der Waals surface area contributed by atoms with E-state index in [0.717, 1.165) is 19.3 Å². The molecule has 0 bridgehead atoms. The molecule has 52 valence electrons. The molecule has 0 saturated heterocycles. The van der Waals surface area contributed by atoms with E-state index in [-0.39, 0.29) is 0 Å². The molecule has 0 atom stereocenters. The summed E-state index contributed by atoms with van der Waals surface area (Å²) in [5, 5.41) is 0. The van der Waals surface area contributed by atoms with Crippen LogP contribution < -0.4 is 0 Å². The van der Waals surface area contributed by atoms with Crippen LogP contribution in [0, 0.1) is 0 Å². The Balaban J connectivity index is 2.25. The van der Waals surface area contributed by atoms with E-state index in [4.69, 9.17) is 0 Å². The Morgan fingerprint density at radius 2 is 2.10 bits per heavy atom. The van der Waals surface area contributed by atoms with Gasteiger partial charge in [0.15, 0.2) is 0 Å². The van der Waals surface area contributed by atoms with Crippen LogP contribution in [0.25, 0.3) is 0 Å². The zero-order valence-corrected chi connectivity index (χ0v) is 6.01. The Kier molecular flexibility index (Phi) is 1.42. The molecule has 1 heteroatoms. The Morgan fingerprint density at radius 1 is 1.20 bits per heavy atom. The van der Waals surface area contributed by atoms with Crippen molar-refractivity contribution in [2.75, 3.05) is 0 Å². The van der Waals surface area contributed by atoms with Gasteiger partial charge in [-0.05, 0) is 24.8 Å². The molecule has 2 rings (SSSR count). The molecule has 0 aromatic rings. The second kappa shape index (κ2) is 2.41. The van der Waals surface area contributed by atoms with Crippen LogP contribution in [-0.4, -0.2) is 6.21 Å². The molecule has 0 radical (unpaired) electrons. The molecule has 0 fully saturated rings. The third-order valence-corrected chi connectivity index (χ3v) is 2.07. The molecular weight excluding hydrogens is 122 g/mol. The largest absolute Gasteiger partial charge is 0.265 e. The quantitative estimate of drug-likeness (QED) is 0.450. The van der Waals surface area contributed by atoms with Crippen molar-refractivity contribution in [1.29, 1.82) is 0 Å². The molecule has 1 heterocycles. The van der Waals surface area contributed by atoms with Crippen LogP contribution in [0.2, 0.25) is 0 Å². The maximum Gasteiger partial charge on any atom is 0.0432 e. The maximum atomic E-state index is 4.35. The molecule has 10 heavy (non-hydrogen) atoms. The number of nitrogens with zero attached hydrogens (tertiary/aromatic N) is 1. The van der Waals surface area contributed by atoms with Gasteiger partial charge in [0.25, 0.3) is 0 Å². The van der Waals surface area contributed by atoms with E-state index in [9.17, 15) is 0 Å². The molecule has 1 nitrogen and oxygen atoms in total. The fraction of sp³-hybridized carbons (Fsp3) is 0.444. The lowest BCUT2D eigenvalue weighted by Crippen LogP contribution is -1.99. The van der Waals surface area contributed by atoms with Crippen LogP contribution in [0.4, 0.5) is 0 Å². The summed E-state index contributed by atoms with van der Waals surface area (Å²) in [7, 11) is 0. The van der Waals surface area contributed by atoms with Gasteiger partial charge in [-0.15, -0.1) is 0 Å². The predicted molar refractivity (Wildman–Crippen MR) is 43.1 cm³/mol. The first-order valence-electron chi connectivity index (χ1n) is 3.85. The van der Waals surface area contributed by atoms with Crippen LogP contribution in [0.1, 0.15) is 25.7 Å². The number of allylic oxidation sites excluding steroid dienone is 3. The summed E-state index contributed by atoms with van der Waals surface area (Å²) < 4.78 is 0. The van der Waals surface area contributed by atoms with Gasteiger partial charge in [0.1, 0.15) is 0 Å². The second-order valence-electron chi connectivity index (χ2n) is 2.78. The maximum absolute atomic E-state index is 4.35. The highest BCUT2D eigenvalue weighted by molar-refractivity contribution is 5.62. The van der Waals surface area contributed by atoms with Crippen LogP contribution in [-0.2, 0) is 0 Å². The minimum Gasteiger partial charge on any atom is -0.265 e. The van der Waals surface area contributed by atoms with Crippen molar-refractivity contribution in [3.8, 4) is 0 Å². The van der Waals surface area contributed by atoms with Gasteiger partial charge in [-0.3, -0.25) is 4.99 Å². The van der Waals surface area contributed by atoms with Gasteiger partial charge in [-0.1, -0.05) is 12.2 Å². The number of rotatable bonds is 0. The van der Waals surface area contributed by atoms with Gasteiger partial charge in [0.2, 0.25) is 0 Å². The second-order valence-corrected chi connectivity index (χ2v) is 2.78. The zero-order chi connectivity index (χ0) is 6.81. The lowest BCUT2D eigenvalue weighted by Gasteiger charge is -2.15. The number of aliphatic imine (C=N–C) groups is 1. The lowest BCUT2D eigenvalue weighted by molar-refractivity contribution is 0.874. The van der Waals surface area contributed by atoms with Crippen molar-refractivity contribution < 1.29 is 0 Å². The van der Waals surface area contributed by atoms with Gasteiger partial charge in [-0.2, -0.15) is 0 Å². The summed E-state index contributed by atoms with van der Waals surface area (Å²) in [5.74, 6) is 0. The summed E-state index contributed by atoms with van der Waals surface area (Å²) in [4.78, 5) is 4.35. The SMILES string of the molecule is C1=CCC2=C(C1)CCC=N2. The van der Waals surface area contributed by atoms with Crippen LogP contribution in [0.15, 0.2) is 28.4 Å². The van der Waals surface area contributed by atoms with Crippen molar-refractivity contribution in [3.63, 3.8) is 0 Å². The highest BCUT2D eigenvalue weighted by Gasteiger charge is 2.09. The summed E-state index contributed by atoms with van der Waals surface area (Å²) in [6.07, 6.45) is 11.1. The third kappa shape index (κ3) is 0.919. The van der Waals surface area contributed by atoms with Gasteiger partial charge >= 0.3 is 0 Å². The number of hydrogen-bond donors (Lipinski definition) is 0. The average Bonchev–Trinajstić information content (AvgIpc) is 2.05. The normalized spacial score (nSPS) is 23.2. The van der Waals surface area contributed by atoms with Crippen molar-refractivity contribution in [3.05, 3.63) is 23.4 Å². The van der Waals surface area contributed by atoms with Gasteiger partial charge in [0, 0.05) is 18.3 Å². The molecule has 1 aliphatic carbocycles. The van der Waals surface area contributed by atoms with Gasteiger partial charge in [0.05, 0.1) is 0 Å². The molecule has 0 N–H and O–H groups in total. The fourth-order valence-corrected chi connectivity index (χ4v) is 1.49. The molecule has 0 unspecified atom stereocenters. The molecule has 0 spiro atoms. The van der Waals surface area contributed by atoms with E-state index in [1.807, 2.05) is 6.21 Å². The van der Waals surface area contributed by atoms with E-state index in [1.165, 1.54) is 12.1 Å². The Morgan fingerprint density at radius 3 is 3.00 bits per heavy atom. The van der Waals surface area contributed by atoms with Crippen molar-refractivity contribution in [2.45, 2.75) is 25.7 Å². The molecule has 0 saturated carbocycles. The first kappa shape index (κ1) is 5.90. The van der Waals surface area contributed by atoms with Crippen molar-refractivity contribution in [2.24, 2.45) is 4.99 Å². The molecule has 0 aromatic heterocycles. The van der Waals surface area contributed by atoms with E-state index >= 15 is 0 Å². The van der Waals surface area contributed by atoms with Crippen molar-refractivity contribution >= 4 is 6.21 Å². The number of hydrogen-bond acceptors (Lipinski definition) is 1. The van der Waals surface area contributed by atoms with E-state index in [2.05, 4.69) is 17.1 Å². The zero-order valence-electron chi connectivity index (χ0n) is 6.01. The smallest absolute Gasteiger partial charge is 0.0432 e. The first-order valence-corrected chi connectivity index (χ1v) is 3.85. The van der Waals surface area contributed by atoms with E-state index < -0.39 is 0 Å². The topological polar surface area (TPSA) is 12.4 Å². The highest BCUT2D eigenvalue weighted by atomic mass is 14.7. The Bertz CT molecular complexity index is 221. The Labute approximate surface area is 61.2 Å². The van der Waals surface area contributed by atoms with Crippen LogP contribution >= 0.6 is 0 Å². The fourth-order valence-electron chi connectivity index (χ4n) is 1.49. The standard InChI is InChI=1S/C9H11N/c1-2-6-9-8(4-1)5-3-7-10-9/h1-2,7H,3-6H2. The van der Waals surface area contributed by atoms with Crippen LogP contribution in [0.5, 0.6) is 0 Å². The van der Waals surface area contributed by atoms with Crippen molar-refractivity contribution in [1.82, 2.24) is 0 Å². The minimum absolute atomic E-state index is 1.06. The molecule has 0 amide bonds. The molecular formula is C9H11N. The predicted octanol–water partition coefficient (Wildman–Crippen LogP) is 2.46. The van der Waals surface area contributed by atoms with E-state index in [1.54, 1.807) is 5.57 Å². The third-order valence-electron chi connectivity index (χ3n) is 2.07. The van der Waals surface area contributed by atoms with Gasteiger partial charge in [-0.25, -0.2) is 0 Å². The van der Waals surface area contributed by atoms with E-state index in [0.29, 0.717) is 0 Å².